The molecule has 17 heavy (non-hydrogen) atoms. The minimum Gasteiger partial charge on any atom is -0.376 e. The maximum atomic E-state index is 12.0. The van der Waals surface area contributed by atoms with E-state index < -0.39 is 6.04 Å². The van der Waals surface area contributed by atoms with Gasteiger partial charge in [0, 0.05) is 19.7 Å². The lowest BCUT2D eigenvalue weighted by atomic mass is 10.1. The Morgan fingerprint density at radius 2 is 2.47 bits per heavy atom. The number of ether oxygens (including phenoxy) is 1. The summed E-state index contributed by atoms with van der Waals surface area (Å²) in [5.41, 5.74) is 5.80. The van der Waals surface area contributed by atoms with Crippen molar-refractivity contribution in [3.05, 3.63) is 12.7 Å². The van der Waals surface area contributed by atoms with Gasteiger partial charge in [0.1, 0.15) is 0 Å². The Morgan fingerprint density at radius 3 is 3.12 bits per heavy atom. The van der Waals surface area contributed by atoms with Gasteiger partial charge in [-0.15, -0.1) is 6.58 Å². The average Bonchev–Trinajstić information content (AvgIpc) is 2.36. The number of carbonyl (C=O) groups excluding carboxylic acids is 1. The molecule has 4 heteroatoms. The fourth-order valence-electron chi connectivity index (χ4n) is 2.07. The van der Waals surface area contributed by atoms with E-state index in [1.165, 1.54) is 0 Å². The molecule has 1 amide bonds. The molecule has 1 saturated heterocycles. The normalized spacial score (nSPS) is 22.2. The van der Waals surface area contributed by atoms with Gasteiger partial charge in [0.25, 0.3) is 0 Å². The van der Waals surface area contributed by atoms with Crippen molar-refractivity contribution in [2.24, 2.45) is 5.73 Å². The van der Waals surface area contributed by atoms with Gasteiger partial charge in [-0.2, -0.15) is 0 Å². The second kappa shape index (κ2) is 7.45. The number of hydrogen-bond acceptors (Lipinski definition) is 3. The summed E-state index contributed by atoms with van der Waals surface area (Å²) in [5.74, 6) is 0.0229. The van der Waals surface area contributed by atoms with Gasteiger partial charge in [-0.05, 0) is 25.7 Å². The van der Waals surface area contributed by atoms with Crippen LogP contribution in [0.4, 0.5) is 0 Å². The molecule has 0 spiro atoms. The van der Waals surface area contributed by atoms with E-state index in [-0.39, 0.29) is 12.0 Å². The molecule has 0 aliphatic carbocycles. The Balaban J connectivity index is 2.42. The van der Waals surface area contributed by atoms with Crippen molar-refractivity contribution < 1.29 is 9.53 Å². The smallest absolute Gasteiger partial charge is 0.239 e. The highest BCUT2D eigenvalue weighted by Gasteiger charge is 2.26. The number of piperidine rings is 1. The number of likely N-dealkylation sites (tertiary alicyclic amines) is 1. The van der Waals surface area contributed by atoms with Crippen LogP contribution in [0, 0.1) is 0 Å². The Hall–Kier alpha value is -0.870. The molecule has 0 aromatic heterocycles. The van der Waals surface area contributed by atoms with E-state index >= 15 is 0 Å². The third-order valence-electron chi connectivity index (χ3n) is 2.99. The van der Waals surface area contributed by atoms with Crippen LogP contribution in [-0.4, -0.2) is 42.6 Å². The monoisotopic (exact) mass is 240 g/mol. The number of nitrogens with zero attached hydrogens (tertiary/aromatic N) is 1. The SMILES string of the molecule is C=CCC(N)C(=O)N1CCCC(OCCC)C1. The predicted molar refractivity (Wildman–Crippen MR) is 68.6 cm³/mol. The average molecular weight is 240 g/mol. The van der Waals surface area contributed by atoms with Crippen LogP contribution in [0.5, 0.6) is 0 Å². The summed E-state index contributed by atoms with van der Waals surface area (Å²) in [6, 6.07) is -0.447. The molecule has 0 radical (unpaired) electrons. The molecule has 4 nitrogen and oxygen atoms in total. The Labute approximate surface area is 104 Å². The highest BCUT2D eigenvalue weighted by atomic mass is 16.5. The number of rotatable bonds is 6. The highest BCUT2D eigenvalue weighted by Crippen LogP contribution is 2.14. The van der Waals surface area contributed by atoms with Crippen molar-refractivity contribution in [1.82, 2.24) is 4.90 Å². The highest BCUT2D eigenvalue weighted by molar-refractivity contribution is 5.81. The molecule has 2 unspecified atom stereocenters. The van der Waals surface area contributed by atoms with Crippen LogP contribution in [0.3, 0.4) is 0 Å². The number of amides is 1. The zero-order chi connectivity index (χ0) is 12.7. The second-order valence-corrected chi connectivity index (χ2v) is 4.55. The molecule has 2 atom stereocenters. The van der Waals surface area contributed by atoms with E-state index in [1.807, 2.05) is 4.90 Å². The lowest BCUT2D eigenvalue weighted by molar-refractivity contribution is -0.136. The minimum atomic E-state index is -0.447. The number of nitrogens with two attached hydrogens (primary N) is 1. The first-order chi connectivity index (χ1) is 8.19. The predicted octanol–water partition coefficient (Wildman–Crippen LogP) is 1.31. The molecule has 1 heterocycles. The van der Waals surface area contributed by atoms with Crippen LogP contribution in [0.2, 0.25) is 0 Å². The third kappa shape index (κ3) is 4.48. The van der Waals surface area contributed by atoms with E-state index in [2.05, 4.69) is 13.5 Å². The van der Waals surface area contributed by atoms with Crippen LogP contribution in [-0.2, 0) is 9.53 Å². The molecule has 98 valence electrons. The van der Waals surface area contributed by atoms with Crippen LogP contribution in [0.15, 0.2) is 12.7 Å². The van der Waals surface area contributed by atoms with Gasteiger partial charge in [-0.3, -0.25) is 4.79 Å². The molecule has 1 fully saturated rings. The van der Waals surface area contributed by atoms with Crippen molar-refractivity contribution >= 4 is 5.91 Å². The maximum absolute atomic E-state index is 12.0. The van der Waals surface area contributed by atoms with Gasteiger partial charge in [-0.25, -0.2) is 0 Å². The molecule has 0 aromatic rings. The molecule has 1 aliphatic rings. The molecule has 1 rings (SSSR count). The van der Waals surface area contributed by atoms with Gasteiger partial charge in [-0.1, -0.05) is 13.0 Å². The zero-order valence-corrected chi connectivity index (χ0v) is 10.7. The zero-order valence-electron chi connectivity index (χ0n) is 10.7. The van der Waals surface area contributed by atoms with Gasteiger partial charge < -0.3 is 15.4 Å². The van der Waals surface area contributed by atoms with Crippen molar-refractivity contribution in [3.8, 4) is 0 Å². The summed E-state index contributed by atoms with van der Waals surface area (Å²) in [4.78, 5) is 13.8. The summed E-state index contributed by atoms with van der Waals surface area (Å²) in [6.07, 6.45) is 5.47. The standard InChI is InChI=1S/C13H24N2O2/c1-3-6-12(14)13(16)15-8-5-7-11(10-15)17-9-4-2/h3,11-12H,1,4-10,14H2,2H3. The quantitative estimate of drug-likeness (QED) is 0.712. The molecule has 2 N–H and O–H groups in total. The topological polar surface area (TPSA) is 55.6 Å². The van der Waals surface area contributed by atoms with E-state index in [1.54, 1.807) is 6.08 Å². The van der Waals surface area contributed by atoms with E-state index in [4.69, 9.17) is 10.5 Å². The molecule has 1 aliphatic heterocycles. The van der Waals surface area contributed by atoms with E-state index in [9.17, 15) is 4.79 Å². The van der Waals surface area contributed by atoms with Crippen LogP contribution in [0.25, 0.3) is 0 Å². The minimum absolute atomic E-state index is 0.0229. The largest absolute Gasteiger partial charge is 0.376 e. The maximum Gasteiger partial charge on any atom is 0.239 e. The van der Waals surface area contributed by atoms with Gasteiger partial charge in [0.05, 0.1) is 12.1 Å². The first kappa shape index (κ1) is 14.2. The van der Waals surface area contributed by atoms with Gasteiger partial charge >= 0.3 is 0 Å². The molecular weight excluding hydrogens is 216 g/mol. The van der Waals surface area contributed by atoms with Crippen molar-refractivity contribution in [1.29, 1.82) is 0 Å². The van der Waals surface area contributed by atoms with Gasteiger partial charge in [0.2, 0.25) is 5.91 Å². The Bertz CT molecular complexity index is 256. The number of carbonyl (C=O) groups is 1. The molecule has 0 bridgehead atoms. The van der Waals surface area contributed by atoms with E-state index in [0.717, 1.165) is 32.4 Å². The Morgan fingerprint density at radius 1 is 1.71 bits per heavy atom. The van der Waals surface area contributed by atoms with Gasteiger partial charge in [0.15, 0.2) is 0 Å². The van der Waals surface area contributed by atoms with Crippen LogP contribution in [0.1, 0.15) is 32.6 Å². The summed E-state index contributed by atoms with van der Waals surface area (Å²) in [6.45, 7) is 7.95. The molecule has 0 aromatic carbocycles. The fraction of sp³-hybridized carbons (Fsp3) is 0.769. The molecular formula is C13H24N2O2. The second-order valence-electron chi connectivity index (χ2n) is 4.55. The summed E-state index contributed by atoms with van der Waals surface area (Å²) in [5, 5.41) is 0. The summed E-state index contributed by atoms with van der Waals surface area (Å²) >= 11 is 0. The fourth-order valence-corrected chi connectivity index (χ4v) is 2.07. The first-order valence-electron chi connectivity index (χ1n) is 6.45. The first-order valence-corrected chi connectivity index (χ1v) is 6.45. The van der Waals surface area contributed by atoms with Crippen LogP contribution < -0.4 is 5.73 Å². The Kier molecular flexibility index (Phi) is 6.22. The van der Waals surface area contributed by atoms with Crippen molar-refractivity contribution in [3.63, 3.8) is 0 Å². The lowest BCUT2D eigenvalue weighted by Gasteiger charge is -2.34. The van der Waals surface area contributed by atoms with Crippen molar-refractivity contribution in [2.75, 3.05) is 19.7 Å². The van der Waals surface area contributed by atoms with E-state index in [0.29, 0.717) is 13.0 Å². The van der Waals surface area contributed by atoms with Crippen molar-refractivity contribution in [2.45, 2.75) is 44.8 Å². The lowest BCUT2D eigenvalue weighted by Crippen LogP contribution is -2.49. The third-order valence-corrected chi connectivity index (χ3v) is 2.99. The molecule has 0 saturated carbocycles. The summed E-state index contributed by atoms with van der Waals surface area (Å²) < 4.78 is 5.70. The van der Waals surface area contributed by atoms with Crippen LogP contribution >= 0.6 is 0 Å². The summed E-state index contributed by atoms with van der Waals surface area (Å²) in [7, 11) is 0. The number of hydrogen-bond donors (Lipinski definition) is 1.